The molecule has 0 aliphatic carbocycles. The topological polar surface area (TPSA) is 74.3 Å². The van der Waals surface area contributed by atoms with Crippen molar-refractivity contribution in [3.05, 3.63) is 10.1 Å². The highest BCUT2D eigenvalue weighted by atomic mass is 16.6. The van der Waals surface area contributed by atoms with Crippen molar-refractivity contribution >= 4 is 0 Å². The maximum absolute atomic E-state index is 8.12. The summed E-state index contributed by atoms with van der Waals surface area (Å²) in [5.74, 6) is 0. The molecule has 0 atom stereocenters. The minimum atomic E-state index is 0.250. The summed E-state index contributed by atoms with van der Waals surface area (Å²) in [5, 5.41) is 16.4. The summed E-state index contributed by atoms with van der Waals surface area (Å²) in [6.45, 7) is 2.40. The summed E-state index contributed by atoms with van der Waals surface area (Å²) in [6.07, 6.45) is 2.04. The van der Waals surface area contributed by atoms with Gasteiger partial charge in [-0.3, -0.25) is 10.1 Å². The second-order valence-corrected chi connectivity index (χ2v) is 1.16. The molecule has 0 saturated heterocycles. The molecule has 50 valence electrons. The lowest BCUT2D eigenvalue weighted by atomic mass is 10.4. The van der Waals surface area contributed by atoms with Crippen LogP contribution in [0.4, 0.5) is 0 Å². The van der Waals surface area contributed by atoms with Crippen LogP contribution >= 0.6 is 0 Å². The zero-order valence-corrected chi connectivity index (χ0v) is 4.89. The Labute approximate surface area is 48.1 Å². The molecule has 0 aromatic heterocycles. The van der Waals surface area contributed by atoms with Gasteiger partial charge in [0.05, 0.1) is 0 Å². The minimum absolute atomic E-state index is 0.250. The molecule has 2 N–H and O–H groups in total. The van der Waals surface area contributed by atoms with Crippen LogP contribution in [0.25, 0.3) is 0 Å². The van der Waals surface area contributed by atoms with Gasteiger partial charge in [0.15, 0.2) is 0 Å². The fourth-order valence-electron chi connectivity index (χ4n) is 0.158. The number of aliphatic hydroxyl groups excluding tert-OH is 1. The number of rotatable bonds is 2. The van der Waals surface area contributed by atoms with Crippen molar-refractivity contribution in [2.45, 2.75) is 19.8 Å². The lowest BCUT2D eigenvalue weighted by molar-refractivity contribution is -0.398. The first-order chi connectivity index (χ1) is 3.83. The van der Waals surface area contributed by atoms with Gasteiger partial charge < -0.3 is 5.11 Å². The monoisotopic (exact) mass is 121 g/mol. The molecule has 0 rings (SSSR count). The van der Waals surface area contributed by atoms with Crippen molar-refractivity contribution in [1.82, 2.24) is 0 Å². The molecule has 0 radical (unpaired) electrons. The van der Waals surface area contributed by atoms with E-state index in [2.05, 4.69) is 6.92 Å². The number of aliphatic hydroxyl groups is 1. The summed E-state index contributed by atoms with van der Waals surface area (Å²) in [4.78, 5) is 8.12. The summed E-state index contributed by atoms with van der Waals surface area (Å²) in [7, 11) is 0. The third kappa shape index (κ3) is 55.1. The number of unbranched alkanes of at least 4 members (excludes halogenated alkanes) is 1. The van der Waals surface area contributed by atoms with Gasteiger partial charge >= 0.3 is 0 Å². The van der Waals surface area contributed by atoms with Crippen LogP contribution in [0.5, 0.6) is 0 Å². The Bertz CT molecular complexity index is 38.3. The molecule has 0 fully saturated rings. The van der Waals surface area contributed by atoms with E-state index in [4.69, 9.17) is 15.2 Å². The second-order valence-electron chi connectivity index (χ2n) is 1.16. The van der Waals surface area contributed by atoms with Crippen LogP contribution in [-0.4, -0.2) is 11.7 Å². The smallest absolute Gasteiger partial charge is 0.0430 e. The lowest BCUT2D eigenvalue weighted by Gasteiger charge is -1.79. The van der Waals surface area contributed by atoms with Crippen LogP contribution < -0.4 is 5.34 Å². The van der Waals surface area contributed by atoms with Crippen molar-refractivity contribution in [2.24, 2.45) is 0 Å². The van der Waals surface area contributed by atoms with Gasteiger partial charge in [0.1, 0.15) is 0 Å². The maximum atomic E-state index is 8.12. The molecule has 0 aromatic rings. The number of nitrogens with one attached hydrogen (secondary N) is 1. The SMILES string of the molecule is CCCCO.O=[NH+][O-]. The molecule has 8 heavy (non-hydrogen) atoms. The highest BCUT2D eigenvalue weighted by Crippen LogP contribution is 1.78. The molecule has 0 unspecified atom stereocenters. The summed E-state index contributed by atoms with van der Waals surface area (Å²) in [5.41, 5.74) is 0. The summed E-state index contributed by atoms with van der Waals surface area (Å²) < 4.78 is 0. The van der Waals surface area contributed by atoms with Crippen LogP contribution in [0.1, 0.15) is 19.8 Å². The van der Waals surface area contributed by atoms with E-state index in [0.29, 0.717) is 6.61 Å². The van der Waals surface area contributed by atoms with E-state index in [1.807, 2.05) is 0 Å². The number of hydrogen-bond acceptors (Lipinski definition) is 3. The van der Waals surface area contributed by atoms with Crippen molar-refractivity contribution < 1.29 is 10.4 Å². The Morgan fingerprint density at radius 2 is 2.12 bits per heavy atom. The Morgan fingerprint density at radius 3 is 2.12 bits per heavy atom. The molecule has 0 bridgehead atoms. The van der Waals surface area contributed by atoms with E-state index in [9.17, 15) is 0 Å². The van der Waals surface area contributed by atoms with Crippen molar-refractivity contribution in [2.75, 3.05) is 6.61 Å². The fourth-order valence-corrected chi connectivity index (χ4v) is 0.158. The Balaban J connectivity index is 0. The van der Waals surface area contributed by atoms with Gasteiger partial charge in [-0.1, -0.05) is 13.3 Å². The van der Waals surface area contributed by atoms with E-state index in [0.717, 1.165) is 12.8 Å². The molecule has 0 amide bonds. The van der Waals surface area contributed by atoms with Gasteiger partial charge in [0, 0.05) is 11.9 Å². The van der Waals surface area contributed by atoms with Gasteiger partial charge in [0.25, 0.3) is 0 Å². The molecule has 4 heteroatoms. The Hall–Kier alpha value is -0.640. The highest BCUT2D eigenvalue weighted by Gasteiger charge is 1.69. The number of hydrogen-bond donors (Lipinski definition) is 2. The predicted molar refractivity (Wildman–Crippen MR) is 29.7 cm³/mol. The molecule has 0 aromatic carbocycles. The zero-order valence-electron chi connectivity index (χ0n) is 4.89. The molecular formula is C4H11NO3. The molecule has 0 aliphatic heterocycles. The third-order valence-corrected chi connectivity index (χ3v) is 0.512. The third-order valence-electron chi connectivity index (χ3n) is 0.512. The minimum Gasteiger partial charge on any atom is -0.396 e. The molecule has 0 heterocycles. The fraction of sp³-hybridized carbons (Fsp3) is 1.00. The van der Waals surface area contributed by atoms with Crippen molar-refractivity contribution in [1.29, 1.82) is 0 Å². The predicted octanol–water partition coefficient (Wildman–Crippen LogP) is -0.890. The molecular weight excluding hydrogens is 110 g/mol. The van der Waals surface area contributed by atoms with Gasteiger partial charge in [0.2, 0.25) is 0 Å². The zero-order chi connectivity index (χ0) is 6.83. The normalized spacial score (nSPS) is 6.75. The van der Waals surface area contributed by atoms with Gasteiger partial charge in [-0.25, -0.2) is 0 Å². The molecule has 4 nitrogen and oxygen atoms in total. The van der Waals surface area contributed by atoms with Gasteiger partial charge in [-0.15, -0.1) is 0 Å². The van der Waals surface area contributed by atoms with E-state index >= 15 is 0 Å². The van der Waals surface area contributed by atoms with Crippen LogP contribution in [0.3, 0.4) is 0 Å². The van der Waals surface area contributed by atoms with Crippen LogP contribution in [-0.2, 0) is 0 Å². The van der Waals surface area contributed by atoms with Crippen molar-refractivity contribution in [3.63, 3.8) is 0 Å². The largest absolute Gasteiger partial charge is 0.396 e. The first kappa shape index (κ1) is 10.4. The van der Waals surface area contributed by atoms with Gasteiger partial charge in [-0.2, -0.15) is 0 Å². The average molecular weight is 121 g/mol. The quantitative estimate of drug-likeness (QED) is 0.367. The van der Waals surface area contributed by atoms with Crippen molar-refractivity contribution in [3.8, 4) is 0 Å². The Morgan fingerprint density at radius 1 is 1.75 bits per heavy atom. The van der Waals surface area contributed by atoms with Crippen LogP contribution in [0.15, 0.2) is 0 Å². The Kier molecular flexibility index (Phi) is 21.0. The van der Waals surface area contributed by atoms with E-state index in [1.165, 1.54) is 0 Å². The maximum Gasteiger partial charge on any atom is 0.0430 e. The molecule has 0 aliphatic rings. The van der Waals surface area contributed by atoms with Crippen LogP contribution in [0.2, 0.25) is 0 Å². The van der Waals surface area contributed by atoms with E-state index in [-0.39, 0.29) is 5.34 Å². The summed E-state index contributed by atoms with van der Waals surface area (Å²) in [6, 6.07) is 0. The van der Waals surface area contributed by atoms with Crippen LogP contribution in [0, 0.1) is 10.1 Å². The first-order valence-corrected chi connectivity index (χ1v) is 2.43. The second kappa shape index (κ2) is 16.2. The van der Waals surface area contributed by atoms with E-state index in [1.54, 1.807) is 0 Å². The molecule has 0 saturated carbocycles. The summed E-state index contributed by atoms with van der Waals surface area (Å²) >= 11 is 0. The first-order valence-electron chi connectivity index (χ1n) is 2.43. The standard InChI is InChI=1S/C4H10O.HNO2/c1-2-3-4-5;2-1-3/h5H,2-4H2,1H3;1H. The molecule has 0 spiro atoms. The van der Waals surface area contributed by atoms with Gasteiger partial charge in [-0.05, 0) is 6.42 Å². The van der Waals surface area contributed by atoms with E-state index < -0.39 is 0 Å². The lowest BCUT2D eigenvalue weighted by Crippen LogP contribution is -2.53. The highest BCUT2D eigenvalue weighted by molar-refractivity contribution is 4.23. The average Bonchev–Trinajstić information content (AvgIpc) is 1.71.